The van der Waals surface area contributed by atoms with E-state index in [9.17, 15) is 4.79 Å². The van der Waals surface area contributed by atoms with Crippen LogP contribution in [-0.2, 0) is 6.42 Å². The lowest BCUT2D eigenvalue weighted by atomic mass is 10.0. The van der Waals surface area contributed by atoms with Crippen LogP contribution >= 0.6 is 0 Å². The summed E-state index contributed by atoms with van der Waals surface area (Å²) in [7, 11) is 0. The molecule has 0 N–H and O–H groups in total. The van der Waals surface area contributed by atoms with Crippen molar-refractivity contribution in [3.05, 3.63) is 46.8 Å². The standard InChI is InChI=1S/C21H27N3O/c1-3-7-18-19(21(25)23-12-4-5-13-23)20(16-10-11-16)22-24(18)17-9-6-8-15(2)14-17/h6,8-9,14,16H,3-5,7,10-13H2,1-2H3. The average molecular weight is 337 g/mol. The van der Waals surface area contributed by atoms with Crippen LogP contribution in [0.15, 0.2) is 24.3 Å². The van der Waals surface area contributed by atoms with Crippen molar-refractivity contribution >= 4 is 5.91 Å². The molecule has 1 aromatic carbocycles. The van der Waals surface area contributed by atoms with Crippen LogP contribution in [0.3, 0.4) is 0 Å². The van der Waals surface area contributed by atoms with Gasteiger partial charge in [-0.25, -0.2) is 4.68 Å². The molecular weight excluding hydrogens is 310 g/mol. The van der Waals surface area contributed by atoms with Gasteiger partial charge in [-0.3, -0.25) is 4.79 Å². The van der Waals surface area contributed by atoms with E-state index in [4.69, 9.17) is 5.10 Å². The highest BCUT2D eigenvalue weighted by atomic mass is 16.2. The fourth-order valence-electron chi connectivity index (χ4n) is 3.87. The van der Waals surface area contributed by atoms with E-state index >= 15 is 0 Å². The fourth-order valence-corrected chi connectivity index (χ4v) is 3.87. The van der Waals surface area contributed by atoms with Gasteiger partial charge in [0.2, 0.25) is 0 Å². The number of carbonyl (C=O) groups is 1. The molecule has 4 nitrogen and oxygen atoms in total. The van der Waals surface area contributed by atoms with E-state index in [1.165, 1.54) is 5.56 Å². The molecule has 1 aliphatic heterocycles. The number of likely N-dealkylation sites (tertiary alicyclic amines) is 1. The molecule has 0 atom stereocenters. The molecule has 2 aromatic rings. The van der Waals surface area contributed by atoms with E-state index in [-0.39, 0.29) is 5.91 Å². The molecule has 1 saturated heterocycles. The van der Waals surface area contributed by atoms with E-state index in [0.717, 1.165) is 74.3 Å². The predicted octanol–water partition coefficient (Wildman–Crippen LogP) is 4.25. The number of hydrogen-bond acceptors (Lipinski definition) is 2. The predicted molar refractivity (Wildman–Crippen MR) is 99.4 cm³/mol. The molecule has 4 rings (SSSR count). The lowest BCUT2D eigenvalue weighted by Crippen LogP contribution is -2.29. The number of hydrogen-bond donors (Lipinski definition) is 0. The number of carbonyl (C=O) groups excluding carboxylic acids is 1. The summed E-state index contributed by atoms with van der Waals surface area (Å²) in [5, 5.41) is 4.96. The van der Waals surface area contributed by atoms with Gasteiger partial charge in [-0.1, -0.05) is 25.5 Å². The van der Waals surface area contributed by atoms with Crippen molar-refractivity contribution in [1.29, 1.82) is 0 Å². The zero-order valence-corrected chi connectivity index (χ0v) is 15.3. The molecule has 2 heterocycles. The number of aryl methyl sites for hydroxylation is 1. The van der Waals surface area contributed by atoms with Crippen LogP contribution < -0.4 is 0 Å². The van der Waals surface area contributed by atoms with Crippen molar-refractivity contribution in [2.45, 2.75) is 58.3 Å². The van der Waals surface area contributed by atoms with Gasteiger partial charge in [-0.15, -0.1) is 0 Å². The van der Waals surface area contributed by atoms with Gasteiger partial charge in [-0.05, 0) is 56.7 Å². The molecule has 0 spiro atoms. The lowest BCUT2D eigenvalue weighted by molar-refractivity contribution is 0.0790. The summed E-state index contributed by atoms with van der Waals surface area (Å²) in [6.45, 7) is 6.06. The van der Waals surface area contributed by atoms with Crippen molar-refractivity contribution in [3.8, 4) is 5.69 Å². The van der Waals surface area contributed by atoms with Gasteiger partial charge >= 0.3 is 0 Å². The Bertz CT molecular complexity index is 782. The zero-order chi connectivity index (χ0) is 17.4. The third-order valence-corrected chi connectivity index (χ3v) is 5.31. The topological polar surface area (TPSA) is 38.1 Å². The van der Waals surface area contributed by atoms with Crippen molar-refractivity contribution in [1.82, 2.24) is 14.7 Å². The minimum Gasteiger partial charge on any atom is -0.339 e. The van der Waals surface area contributed by atoms with Crippen molar-refractivity contribution in [2.75, 3.05) is 13.1 Å². The van der Waals surface area contributed by atoms with Crippen LogP contribution in [0.1, 0.15) is 72.3 Å². The van der Waals surface area contributed by atoms with E-state index in [0.29, 0.717) is 5.92 Å². The minimum absolute atomic E-state index is 0.210. The molecule has 25 heavy (non-hydrogen) atoms. The largest absolute Gasteiger partial charge is 0.339 e. The molecule has 132 valence electrons. The van der Waals surface area contributed by atoms with Gasteiger partial charge in [0.15, 0.2) is 0 Å². The molecule has 2 aliphatic rings. The first-order valence-electron chi connectivity index (χ1n) is 9.67. The fraction of sp³-hybridized carbons (Fsp3) is 0.524. The summed E-state index contributed by atoms with van der Waals surface area (Å²) in [4.78, 5) is 15.3. The molecule has 0 radical (unpaired) electrons. The smallest absolute Gasteiger partial charge is 0.257 e. The number of aromatic nitrogens is 2. The lowest BCUT2D eigenvalue weighted by Gasteiger charge is -2.17. The summed E-state index contributed by atoms with van der Waals surface area (Å²) in [5.41, 5.74) is 5.35. The third kappa shape index (κ3) is 3.10. The Morgan fingerprint density at radius 1 is 1.24 bits per heavy atom. The van der Waals surface area contributed by atoms with E-state index < -0.39 is 0 Å². The summed E-state index contributed by atoms with van der Waals surface area (Å²) < 4.78 is 2.05. The molecule has 0 bridgehead atoms. The summed E-state index contributed by atoms with van der Waals surface area (Å²) >= 11 is 0. The number of nitrogens with zero attached hydrogens (tertiary/aromatic N) is 3. The van der Waals surface area contributed by atoms with Crippen LogP contribution in [-0.4, -0.2) is 33.7 Å². The van der Waals surface area contributed by atoms with Gasteiger partial charge in [-0.2, -0.15) is 5.10 Å². The highest BCUT2D eigenvalue weighted by Crippen LogP contribution is 2.42. The molecule has 2 fully saturated rings. The SMILES string of the molecule is CCCc1c(C(=O)N2CCCC2)c(C2CC2)nn1-c1cccc(C)c1. The molecule has 1 amide bonds. The Hall–Kier alpha value is -2.10. The van der Waals surface area contributed by atoms with Gasteiger partial charge in [0.25, 0.3) is 5.91 Å². The average Bonchev–Trinajstić information content (AvgIpc) is 3.17. The van der Waals surface area contributed by atoms with Gasteiger partial charge in [0.1, 0.15) is 0 Å². The second-order valence-corrected chi connectivity index (χ2v) is 7.48. The highest BCUT2D eigenvalue weighted by Gasteiger charge is 2.36. The summed E-state index contributed by atoms with van der Waals surface area (Å²) in [6.07, 6.45) is 6.48. The third-order valence-electron chi connectivity index (χ3n) is 5.31. The second-order valence-electron chi connectivity index (χ2n) is 7.48. The van der Waals surface area contributed by atoms with Crippen LogP contribution in [0.4, 0.5) is 0 Å². The van der Waals surface area contributed by atoms with Crippen molar-refractivity contribution in [3.63, 3.8) is 0 Å². The number of benzene rings is 1. The Kier molecular flexibility index (Phi) is 4.36. The molecule has 1 aromatic heterocycles. The van der Waals surface area contributed by atoms with Gasteiger partial charge < -0.3 is 4.90 Å². The summed E-state index contributed by atoms with van der Waals surface area (Å²) in [5.74, 6) is 0.685. The van der Waals surface area contributed by atoms with Gasteiger partial charge in [0.05, 0.1) is 22.6 Å². The van der Waals surface area contributed by atoms with E-state index in [2.05, 4.69) is 38.1 Å². The summed E-state index contributed by atoms with van der Waals surface area (Å²) in [6, 6.07) is 8.43. The maximum atomic E-state index is 13.3. The Morgan fingerprint density at radius 2 is 2.00 bits per heavy atom. The van der Waals surface area contributed by atoms with Crippen LogP contribution in [0, 0.1) is 6.92 Å². The molecule has 1 saturated carbocycles. The maximum Gasteiger partial charge on any atom is 0.257 e. The van der Waals surface area contributed by atoms with Crippen LogP contribution in [0.5, 0.6) is 0 Å². The van der Waals surface area contributed by atoms with Crippen LogP contribution in [0.2, 0.25) is 0 Å². The molecule has 0 unspecified atom stereocenters. The Balaban J connectivity index is 1.84. The molecule has 4 heteroatoms. The normalized spacial score (nSPS) is 17.3. The maximum absolute atomic E-state index is 13.3. The number of rotatable bonds is 5. The monoisotopic (exact) mass is 337 g/mol. The van der Waals surface area contributed by atoms with E-state index in [1.807, 2.05) is 9.58 Å². The van der Waals surface area contributed by atoms with Crippen molar-refractivity contribution < 1.29 is 4.79 Å². The first-order valence-corrected chi connectivity index (χ1v) is 9.67. The first kappa shape index (κ1) is 16.4. The minimum atomic E-state index is 0.210. The Morgan fingerprint density at radius 3 is 2.64 bits per heavy atom. The highest BCUT2D eigenvalue weighted by molar-refractivity contribution is 5.97. The van der Waals surface area contributed by atoms with Crippen molar-refractivity contribution in [2.24, 2.45) is 0 Å². The molecule has 1 aliphatic carbocycles. The van der Waals surface area contributed by atoms with Gasteiger partial charge in [0, 0.05) is 19.0 Å². The Labute approximate surface area is 149 Å². The molecular formula is C21H27N3O. The quantitative estimate of drug-likeness (QED) is 0.818. The second kappa shape index (κ2) is 6.66. The number of amides is 1. The van der Waals surface area contributed by atoms with Crippen LogP contribution in [0.25, 0.3) is 5.69 Å². The zero-order valence-electron chi connectivity index (χ0n) is 15.3. The first-order chi connectivity index (χ1) is 12.2. The van der Waals surface area contributed by atoms with E-state index in [1.54, 1.807) is 0 Å².